The van der Waals surface area contributed by atoms with Crippen LogP contribution < -0.4 is 10.4 Å². The monoisotopic (exact) mass is 388 g/mol. The van der Waals surface area contributed by atoms with Crippen molar-refractivity contribution in [3.8, 4) is 5.75 Å². The quantitative estimate of drug-likeness (QED) is 0.584. The van der Waals surface area contributed by atoms with E-state index in [4.69, 9.17) is 18.6 Å². The highest BCUT2D eigenvalue weighted by molar-refractivity contribution is 5.83. The van der Waals surface area contributed by atoms with Crippen molar-refractivity contribution in [3.05, 3.63) is 40.2 Å². The Kier molecular flexibility index (Phi) is 5.19. The molecule has 3 rings (SSSR count). The molecule has 28 heavy (non-hydrogen) atoms. The van der Waals surface area contributed by atoms with Gasteiger partial charge >= 0.3 is 17.6 Å². The zero-order valence-corrected chi connectivity index (χ0v) is 16.6. The summed E-state index contributed by atoms with van der Waals surface area (Å²) in [5.41, 5.74) is -0.887. The molecule has 1 aromatic carbocycles. The summed E-state index contributed by atoms with van der Waals surface area (Å²) in [5, 5.41) is 0.644. The van der Waals surface area contributed by atoms with Crippen LogP contribution in [0, 0.1) is 5.92 Å². The van der Waals surface area contributed by atoms with Crippen LogP contribution >= 0.6 is 0 Å². The smallest absolute Gasteiger partial charge is 0.336 e. The fourth-order valence-corrected chi connectivity index (χ4v) is 3.26. The lowest BCUT2D eigenvalue weighted by Crippen LogP contribution is -2.52. The molecule has 0 amide bonds. The second kappa shape index (κ2) is 7.30. The van der Waals surface area contributed by atoms with E-state index < -0.39 is 35.4 Å². The molecule has 0 saturated carbocycles. The fourth-order valence-electron chi connectivity index (χ4n) is 3.26. The van der Waals surface area contributed by atoms with E-state index in [1.807, 2.05) is 6.92 Å². The van der Waals surface area contributed by atoms with Gasteiger partial charge in [0.25, 0.3) is 0 Å². The molecule has 0 radical (unpaired) electrons. The summed E-state index contributed by atoms with van der Waals surface area (Å²) in [6.45, 7) is 8.44. The lowest BCUT2D eigenvalue weighted by atomic mass is 9.87. The molecule has 0 spiro atoms. The molecule has 1 aliphatic rings. The highest BCUT2D eigenvalue weighted by Crippen LogP contribution is 2.46. The second-order valence-corrected chi connectivity index (χ2v) is 7.55. The Morgan fingerprint density at radius 1 is 1.18 bits per heavy atom. The van der Waals surface area contributed by atoms with Gasteiger partial charge in [-0.1, -0.05) is 13.8 Å². The van der Waals surface area contributed by atoms with Gasteiger partial charge in [0.15, 0.2) is 12.2 Å². The zero-order valence-electron chi connectivity index (χ0n) is 16.6. The van der Waals surface area contributed by atoms with Gasteiger partial charge in [0.2, 0.25) is 0 Å². The molecular formula is C21H24O7. The Bertz CT molecular complexity index is 972. The van der Waals surface area contributed by atoms with Crippen molar-refractivity contribution >= 4 is 22.9 Å². The third-order valence-electron chi connectivity index (χ3n) is 4.96. The summed E-state index contributed by atoms with van der Waals surface area (Å²) in [5.74, 6) is -0.866. The minimum atomic E-state index is -0.974. The standard InChI is InChI=1S/C21H24O7/c1-6-11(2)20(24)27-19-18(25-12(3)22)16-14(28-21(19,4)5)9-7-13-8-10-15(23)26-17(13)16/h7-11,18-19H,6H2,1-5H3/t11?,18-,19+/m1/s1. The molecule has 0 N–H and O–H groups in total. The third kappa shape index (κ3) is 3.61. The molecule has 3 atom stereocenters. The molecule has 1 aromatic heterocycles. The van der Waals surface area contributed by atoms with Gasteiger partial charge in [-0.05, 0) is 38.5 Å². The molecular weight excluding hydrogens is 364 g/mol. The topological polar surface area (TPSA) is 92.0 Å². The van der Waals surface area contributed by atoms with Crippen LogP contribution in [-0.2, 0) is 19.1 Å². The van der Waals surface area contributed by atoms with E-state index in [1.54, 1.807) is 39.0 Å². The van der Waals surface area contributed by atoms with Gasteiger partial charge in [-0.25, -0.2) is 4.79 Å². The summed E-state index contributed by atoms with van der Waals surface area (Å²) < 4.78 is 22.8. The molecule has 0 saturated heterocycles. The Morgan fingerprint density at radius 2 is 1.86 bits per heavy atom. The third-order valence-corrected chi connectivity index (χ3v) is 4.96. The molecule has 2 aromatic rings. The van der Waals surface area contributed by atoms with Crippen LogP contribution in [0.15, 0.2) is 33.5 Å². The maximum absolute atomic E-state index is 12.5. The zero-order chi connectivity index (χ0) is 20.6. The Labute approximate surface area is 162 Å². The maximum Gasteiger partial charge on any atom is 0.336 e. The van der Waals surface area contributed by atoms with E-state index in [-0.39, 0.29) is 11.5 Å². The number of carbonyl (C=O) groups excluding carboxylic acids is 2. The highest BCUT2D eigenvalue weighted by atomic mass is 16.6. The number of rotatable bonds is 4. The van der Waals surface area contributed by atoms with Crippen molar-refractivity contribution < 1.29 is 28.2 Å². The molecule has 1 unspecified atom stereocenters. The van der Waals surface area contributed by atoms with Crippen molar-refractivity contribution in [2.75, 3.05) is 0 Å². The van der Waals surface area contributed by atoms with Crippen LogP contribution in [0.5, 0.6) is 5.75 Å². The van der Waals surface area contributed by atoms with E-state index in [1.165, 1.54) is 13.0 Å². The molecule has 2 heterocycles. The molecule has 0 fully saturated rings. The molecule has 1 aliphatic heterocycles. The van der Waals surface area contributed by atoms with E-state index in [0.29, 0.717) is 23.1 Å². The number of hydrogen-bond donors (Lipinski definition) is 0. The van der Waals surface area contributed by atoms with E-state index >= 15 is 0 Å². The Hall–Kier alpha value is -2.83. The average Bonchev–Trinajstić information content (AvgIpc) is 2.62. The lowest BCUT2D eigenvalue weighted by Gasteiger charge is -2.43. The van der Waals surface area contributed by atoms with Gasteiger partial charge in [0.1, 0.15) is 16.9 Å². The number of esters is 2. The first-order valence-corrected chi connectivity index (χ1v) is 9.27. The second-order valence-electron chi connectivity index (χ2n) is 7.55. The normalized spacial score (nSPS) is 21.3. The van der Waals surface area contributed by atoms with E-state index in [2.05, 4.69) is 0 Å². The van der Waals surface area contributed by atoms with Gasteiger partial charge in [-0.15, -0.1) is 0 Å². The first-order valence-electron chi connectivity index (χ1n) is 9.27. The van der Waals surface area contributed by atoms with Crippen LogP contribution in [0.2, 0.25) is 0 Å². The number of ether oxygens (including phenoxy) is 3. The minimum Gasteiger partial charge on any atom is -0.483 e. The number of fused-ring (bicyclic) bond motifs is 3. The van der Waals surface area contributed by atoms with Gasteiger partial charge in [-0.3, -0.25) is 9.59 Å². The number of benzene rings is 1. The minimum absolute atomic E-state index is 0.247. The largest absolute Gasteiger partial charge is 0.483 e. The van der Waals surface area contributed by atoms with Crippen LogP contribution in [0.25, 0.3) is 11.0 Å². The van der Waals surface area contributed by atoms with Gasteiger partial charge in [0.05, 0.1) is 11.5 Å². The maximum atomic E-state index is 12.5. The number of carbonyl (C=O) groups is 2. The first-order chi connectivity index (χ1) is 13.1. The molecule has 150 valence electrons. The van der Waals surface area contributed by atoms with Crippen LogP contribution in [0.1, 0.15) is 52.7 Å². The molecule has 7 nitrogen and oxygen atoms in total. The van der Waals surface area contributed by atoms with Crippen molar-refractivity contribution in [2.45, 2.75) is 58.8 Å². The van der Waals surface area contributed by atoms with Gasteiger partial charge in [-0.2, -0.15) is 0 Å². The van der Waals surface area contributed by atoms with Crippen molar-refractivity contribution in [1.82, 2.24) is 0 Å². The predicted molar refractivity (Wildman–Crippen MR) is 101 cm³/mol. The van der Waals surface area contributed by atoms with Crippen molar-refractivity contribution in [2.24, 2.45) is 5.92 Å². The highest BCUT2D eigenvalue weighted by Gasteiger charge is 2.50. The predicted octanol–water partition coefficient (Wildman–Crippen LogP) is 3.53. The summed E-state index contributed by atoms with van der Waals surface area (Å²) in [6, 6.07) is 6.40. The molecule has 0 aliphatic carbocycles. The Balaban J connectivity index is 2.19. The van der Waals surface area contributed by atoms with Crippen LogP contribution in [-0.4, -0.2) is 23.6 Å². The van der Waals surface area contributed by atoms with Crippen molar-refractivity contribution in [3.63, 3.8) is 0 Å². The first kappa shape index (κ1) is 19.9. The summed E-state index contributed by atoms with van der Waals surface area (Å²) >= 11 is 0. The van der Waals surface area contributed by atoms with Gasteiger partial charge in [0, 0.05) is 18.4 Å². The summed E-state index contributed by atoms with van der Waals surface area (Å²) in [7, 11) is 0. The SMILES string of the molecule is CCC(C)C(=O)O[C@H]1[C@H](OC(C)=O)c2c(ccc3ccc(=O)oc23)OC1(C)C. The summed E-state index contributed by atoms with van der Waals surface area (Å²) in [6.07, 6.45) is -1.28. The van der Waals surface area contributed by atoms with E-state index in [0.717, 1.165) is 0 Å². The van der Waals surface area contributed by atoms with Crippen LogP contribution in [0.3, 0.4) is 0 Å². The molecule has 0 bridgehead atoms. The average molecular weight is 388 g/mol. The van der Waals surface area contributed by atoms with Crippen molar-refractivity contribution in [1.29, 1.82) is 0 Å². The lowest BCUT2D eigenvalue weighted by molar-refractivity contribution is -0.192. The molecule has 7 heteroatoms. The Morgan fingerprint density at radius 3 is 2.50 bits per heavy atom. The van der Waals surface area contributed by atoms with Crippen LogP contribution in [0.4, 0.5) is 0 Å². The van der Waals surface area contributed by atoms with E-state index in [9.17, 15) is 14.4 Å². The number of hydrogen-bond acceptors (Lipinski definition) is 7. The van der Waals surface area contributed by atoms with Gasteiger partial charge < -0.3 is 18.6 Å². The fraction of sp³-hybridized carbons (Fsp3) is 0.476. The summed E-state index contributed by atoms with van der Waals surface area (Å²) in [4.78, 5) is 36.2.